The Morgan fingerprint density at radius 3 is 2.94 bits per heavy atom. The third-order valence-corrected chi connectivity index (χ3v) is 2.23. The van der Waals surface area contributed by atoms with Crippen LogP contribution < -0.4 is 11.1 Å². The number of hydrogen-bond acceptors (Lipinski definition) is 3. The molecule has 0 saturated heterocycles. The maximum absolute atomic E-state index is 11.7. The number of amides is 1. The van der Waals surface area contributed by atoms with Gasteiger partial charge in [0.25, 0.3) is 5.91 Å². The molecule has 0 aliphatic carbocycles. The minimum atomic E-state index is -0.199. The number of phenolic OH excluding ortho intramolecular Hbond substituents is 1. The SMILES string of the molecule is Cc1c(O)cccc1C(=O)NC/C=C/CN. The van der Waals surface area contributed by atoms with Crippen molar-refractivity contribution in [1.82, 2.24) is 5.32 Å². The molecule has 0 bridgehead atoms. The Bertz CT molecular complexity index is 400. The number of benzene rings is 1. The highest BCUT2D eigenvalue weighted by atomic mass is 16.3. The van der Waals surface area contributed by atoms with E-state index in [0.29, 0.717) is 24.2 Å². The van der Waals surface area contributed by atoms with Crippen LogP contribution >= 0.6 is 0 Å². The first-order valence-corrected chi connectivity index (χ1v) is 5.08. The lowest BCUT2D eigenvalue weighted by molar-refractivity contribution is 0.0957. The summed E-state index contributed by atoms with van der Waals surface area (Å²) in [7, 11) is 0. The van der Waals surface area contributed by atoms with Crippen molar-refractivity contribution in [2.24, 2.45) is 5.73 Å². The smallest absolute Gasteiger partial charge is 0.251 e. The van der Waals surface area contributed by atoms with Crippen LogP contribution in [0.2, 0.25) is 0 Å². The van der Waals surface area contributed by atoms with E-state index < -0.39 is 0 Å². The quantitative estimate of drug-likeness (QED) is 0.661. The largest absolute Gasteiger partial charge is 0.508 e. The Morgan fingerprint density at radius 2 is 2.25 bits per heavy atom. The summed E-state index contributed by atoms with van der Waals surface area (Å²) >= 11 is 0. The van der Waals surface area contributed by atoms with Crippen LogP contribution in [0, 0.1) is 6.92 Å². The van der Waals surface area contributed by atoms with E-state index in [2.05, 4.69) is 5.32 Å². The third kappa shape index (κ3) is 3.10. The summed E-state index contributed by atoms with van der Waals surface area (Å²) in [6.45, 7) is 2.60. The van der Waals surface area contributed by atoms with Gasteiger partial charge in [-0.05, 0) is 19.1 Å². The van der Waals surface area contributed by atoms with Crippen LogP contribution in [0.1, 0.15) is 15.9 Å². The third-order valence-electron chi connectivity index (χ3n) is 2.23. The van der Waals surface area contributed by atoms with Gasteiger partial charge in [-0.15, -0.1) is 0 Å². The number of phenols is 1. The Labute approximate surface area is 94.8 Å². The lowest BCUT2D eigenvalue weighted by Gasteiger charge is -2.06. The van der Waals surface area contributed by atoms with Gasteiger partial charge in [0, 0.05) is 24.2 Å². The predicted molar refractivity (Wildman–Crippen MR) is 63.4 cm³/mol. The van der Waals surface area contributed by atoms with E-state index in [0.717, 1.165) is 0 Å². The van der Waals surface area contributed by atoms with Crippen molar-refractivity contribution < 1.29 is 9.90 Å². The lowest BCUT2D eigenvalue weighted by Crippen LogP contribution is -2.24. The molecule has 4 nitrogen and oxygen atoms in total. The molecule has 0 fully saturated rings. The van der Waals surface area contributed by atoms with Gasteiger partial charge in [-0.3, -0.25) is 4.79 Å². The fraction of sp³-hybridized carbons (Fsp3) is 0.250. The predicted octanol–water partition coefficient (Wildman–Crippen LogP) is 0.945. The van der Waals surface area contributed by atoms with Crippen molar-refractivity contribution in [3.8, 4) is 5.75 Å². The first kappa shape index (κ1) is 12.3. The molecule has 0 aliphatic rings. The molecule has 0 heterocycles. The molecule has 0 radical (unpaired) electrons. The van der Waals surface area contributed by atoms with Gasteiger partial charge in [0.2, 0.25) is 0 Å². The van der Waals surface area contributed by atoms with Gasteiger partial charge in [-0.2, -0.15) is 0 Å². The lowest BCUT2D eigenvalue weighted by atomic mass is 10.1. The minimum absolute atomic E-state index is 0.130. The Balaban J connectivity index is 2.66. The number of rotatable bonds is 4. The second-order valence-electron chi connectivity index (χ2n) is 3.37. The summed E-state index contributed by atoms with van der Waals surface area (Å²) in [5.74, 6) is -0.0692. The van der Waals surface area contributed by atoms with Crippen molar-refractivity contribution in [3.05, 3.63) is 41.5 Å². The van der Waals surface area contributed by atoms with Crippen LogP contribution in [-0.2, 0) is 0 Å². The Kier molecular flexibility index (Phi) is 4.54. The van der Waals surface area contributed by atoms with E-state index in [-0.39, 0.29) is 11.7 Å². The van der Waals surface area contributed by atoms with E-state index >= 15 is 0 Å². The number of nitrogens with one attached hydrogen (secondary N) is 1. The van der Waals surface area contributed by atoms with Crippen molar-refractivity contribution in [2.75, 3.05) is 13.1 Å². The highest BCUT2D eigenvalue weighted by Gasteiger charge is 2.09. The van der Waals surface area contributed by atoms with Crippen LogP contribution in [0.4, 0.5) is 0 Å². The maximum Gasteiger partial charge on any atom is 0.251 e. The summed E-state index contributed by atoms with van der Waals surface area (Å²) in [6, 6.07) is 4.88. The van der Waals surface area contributed by atoms with E-state index in [1.54, 1.807) is 37.3 Å². The number of carbonyl (C=O) groups excluding carboxylic acids is 1. The minimum Gasteiger partial charge on any atom is -0.508 e. The first-order chi connectivity index (χ1) is 7.66. The van der Waals surface area contributed by atoms with E-state index in [4.69, 9.17) is 5.73 Å². The van der Waals surface area contributed by atoms with Crippen LogP contribution in [-0.4, -0.2) is 24.1 Å². The molecule has 86 valence electrons. The summed E-state index contributed by atoms with van der Waals surface area (Å²) in [4.78, 5) is 11.7. The van der Waals surface area contributed by atoms with E-state index in [1.807, 2.05) is 0 Å². The highest BCUT2D eigenvalue weighted by molar-refractivity contribution is 5.96. The standard InChI is InChI=1S/C12H16N2O2/c1-9-10(5-4-6-11(9)15)12(16)14-8-3-2-7-13/h2-6,15H,7-8,13H2,1H3,(H,14,16)/b3-2+. The van der Waals surface area contributed by atoms with Gasteiger partial charge >= 0.3 is 0 Å². The average Bonchev–Trinajstić information content (AvgIpc) is 2.28. The van der Waals surface area contributed by atoms with Gasteiger partial charge in [0.15, 0.2) is 0 Å². The monoisotopic (exact) mass is 220 g/mol. The summed E-state index contributed by atoms with van der Waals surface area (Å²) in [5.41, 5.74) is 6.34. The van der Waals surface area contributed by atoms with Gasteiger partial charge < -0.3 is 16.2 Å². The van der Waals surface area contributed by atoms with Crippen LogP contribution in [0.5, 0.6) is 5.75 Å². The Morgan fingerprint density at radius 1 is 1.50 bits per heavy atom. The fourth-order valence-corrected chi connectivity index (χ4v) is 1.30. The summed E-state index contributed by atoms with van der Waals surface area (Å²) < 4.78 is 0. The number of carbonyl (C=O) groups is 1. The molecule has 0 spiro atoms. The van der Waals surface area contributed by atoms with Gasteiger partial charge in [-0.25, -0.2) is 0 Å². The molecule has 1 aromatic rings. The zero-order valence-corrected chi connectivity index (χ0v) is 9.23. The van der Waals surface area contributed by atoms with Crippen LogP contribution in [0.3, 0.4) is 0 Å². The number of aromatic hydroxyl groups is 1. The van der Waals surface area contributed by atoms with E-state index in [1.165, 1.54) is 0 Å². The molecule has 0 aromatic heterocycles. The van der Waals surface area contributed by atoms with Crippen molar-refractivity contribution >= 4 is 5.91 Å². The second kappa shape index (κ2) is 5.92. The number of nitrogens with two attached hydrogens (primary N) is 1. The van der Waals surface area contributed by atoms with Crippen molar-refractivity contribution in [3.63, 3.8) is 0 Å². The molecule has 0 aliphatic heterocycles. The molecule has 1 rings (SSSR count). The van der Waals surface area contributed by atoms with Crippen LogP contribution in [0.15, 0.2) is 30.4 Å². The molecule has 0 unspecified atom stereocenters. The molecule has 4 heteroatoms. The highest BCUT2D eigenvalue weighted by Crippen LogP contribution is 2.19. The molecular weight excluding hydrogens is 204 g/mol. The molecule has 0 atom stereocenters. The van der Waals surface area contributed by atoms with Gasteiger partial charge in [0.05, 0.1) is 0 Å². The molecule has 1 aromatic carbocycles. The summed E-state index contributed by atoms with van der Waals surface area (Å²) in [6.07, 6.45) is 3.56. The maximum atomic E-state index is 11.7. The Hall–Kier alpha value is -1.81. The van der Waals surface area contributed by atoms with Crippen molar-refractivity contribution in [2.45, 2.75) is 6.92 Å². The second-order valence-corrected chi connectivity index (χ2v) is 3.37. The van der Waals surface area contributed by atoms with Gasteiger partial charge in [-0.1, -0.05) is 18.2 Å². The topological polar surface area (TPSA) is 75.3 Å². The van der Waals surface area contributed by atoms with Gasteiger partial charge in [0.1, 0.15) is 5.75 Å². The molecular formula is C12H16N2O2. The normalized spacial score (nSPS) is 10.6. The molecule has 4 N–H and O–H groups in total. The zero-order chi connectivity index (χ0) is 12.0. The van der Waals surface area contributed by atoms with E-state index in [9.17, 15) is 9.90 Å². The summed E-state index contributed by atoms with van der Waals surface area (Å²) in [5, 5.41) is 12.2. The zero-order valence-electron chi connectivity index (χ0n) is 9.23. The number of hydrogen-bond donors (Lipinski definition) is 3. The average molecular weight is 220 g/mol. The van der Waals surface area contributed by atoms with Crippen molar-refractivity contribution in [1.29, 1.82) is 0 Å². The molecule has 0 saturated carbocycles. The molecule has 1 amide bonds. The van der Waals surface area contributed by atoms with Crippen LogP contribution in [0.25, 0.3) is 0 Å². The molecule has 16 heavy (non-hydrogen) atoms. The first-order valence-electron chi connectivity index (χ1n) is 5.08. The fourth-order valence-electron chi connectivity index (χ4n) is 1.30.